The molecule has 0 N–H and O–H groups in total. The zero-order valence-corrected chi connectivity index (χ0v) is 35.3. The molecule has 0 saturated carbocycles. The van der Waals surface area contributed by atoms with E-state index in [2.05, 4.69) is 27.7 Å². The maximum absolute atomic E-state index is 12.7. The second kappa shape index (κ2) is 40.6. The van der Waals surface area contributed by atoms with Crippen LogP contribution < -0.4 is 0 Å². The molecule has 0 bridgehead atoms. The average Bonchev–Trinajstić information content (AvgIpc) is 3.12. The van der Waals surface area contributed by atoms with Crippen molar-refractivity contribution >= 4 is 17.9 Å². The predicted molar refractivity (Wildman–Crippen MR) is 220 cm³/mol. The fraction of sp³-hybridized carbons (Fsp3) is 0.935. The highest BCUT2D eigenvalue weighted by atomic mass is 16.6. The molecule has 0 saturated heterocycles. The molecule has 0 fully saturated rings. The summed E-state index contributed by atoms with van der Waals surface area (Å²) >= 11 is 0. The first-order valence-corrected chi connectivity index (χ1v) is 22.9. The maximum Gasteiger partial charge on any atom is 0.306 e. The largest absolute Gasteiger partial charge is 0.462 e. The van der Waals surface area contributed by atoms with Gasteiger partial charge in [-0.25, -0.2) is 0 Å². The Morgan fingerprint density at radius 2 is 0.635 bits per heavy atom. The lowest BCUT2D eigenvalue weighted by molar-refractivity contribution is -0.167. The Balaban J connectivity index is 4.30. The van der Waals surface area contributed by atoms with Gasteiger partial charge in [0.2, 0.25) is 0 Å². The fourth-order valence-electron chi connectivity index (χ4n) is 6.80. The van der Waals surface area contributed by atoms with Gasteiger partial charge in [-0.3, -0.25) is 14.4 Å². The van der Waals surface area contributed by atoms with Crippen LogP contribution in [0.15, 0.2) is 0 Å². The highest BCUT2D eigenvalue weighted by Gasteiger charge is 2.19. The van der Waals surface area contributed by atoms with Gasteiger partial charge in [-0.1, -0.05) is 214 Å². The number of unbranched alkanes of at least 4 members (excludes halogenated alkanes) is 28. The lowest BCUT2D eigenvalue weighted by Crippen LogP contribution is -2.30. The van der Waals surface area contributed by atoms with Crippen LogP contribution in [0.1, 0.15) is 252 Å². The Hall–Kier alpha value is -1.59. The topological polar surface area (TPSA) is 78.9 Å². The van der Waals surface area contributed by atoms with Crippen LogP contribution in [0.2, 0.25) is 0 Å². The van der Waals surface area contributed by atoms with Gasteiger partial charge < -0.3 is 14.2 Å². The van der Waals surface area contributed by atoms with Crippen LogP contribution in [-0.2, 0) is 28.6 Å². The van der Waals surface area contributed by atoms with Crippen LogP contribution in [-0.4, -0.2) is 37.2 Å². The monoisotopic (exact) mass is 737 g/mol. The molecule has 52 heavy (non-hydrogen) atoms. The van der Waals surface area contributed by atoms with Crippen molar-refractivity contribution in [3.05, 3.63) is 0 Å². The average molecular weight is 737 g/mol. The second-order valence-corrected chi connectivity index (χ2v) is 16.2. The first-order valence-electron chi connectivity index (χ1n) is 22.9. The maximum atomic E-state index is 12.7. The molecule has 0 aliphatic rings. The minimum absolute atomic E-state index is 0.0642. The standard InChI is InChI=1S/C46H88O6/c1-5-7-9-11-13-15-16-17-18-19-21-26-30-34-38-45(48)51-41-43(40-50-44(47)37-33-29-25-20-14-12-10-8-6-2)52-46(49)39-35-31-27-23-22-24-28-32-36-42(3)4/h42-43H,5-41H2,1-4H3/t43-/m0/s1. The van der Waals surface area contributed by atoms with E-state index in [-0.39, 0.29) is 31.1 Å². The molecule has 1 atom stereocenters. The van der Waals surface area contributed by atoms with Crippen molar-refractivity contribution in [3.63, 3.8) is 0 Å². The van der Waals surface area contributed by atoms with Gasteiger partial charge in [0, 0.05) is 19.3 Å². The molecule has 308 valence electrons. The third-order valence-electron chi connectivity index (χ3n) is 10.3. The molecular weight excluding hydrogens is 648 g/mol. The van der Waals surface area contributed by atoms with Crippen LogP contribution in [0.3, 0.4) is 0 Å². The van der Waals surface area contributed by atoms with Gasteiger partial charge in [0.25, 0.3) is 0 Å². The summed E-state index contributed by atoms with van der Waals surface area (Å²) < 4.78 is 16.7. The van der Waals surface area contributed by atoms with Gasteiger partial charge in [0.05, 0.1) is 0 Å². The zero-order valence-electron chi connectivity index (χ0n) is 35.3. The number of hydrogen-bond donors (Lipinski definition) is 0. The van der Waals surface area contributed by atoms with Crippen molar-refractivity contribution in [1.82, 2.24) is 0 Å². The second-order valence-electron chi connectivity index (χ2n) is 16.2. The van der Waals surface area contributed by atoms with E-state index in [0.717, 1.165) is 63.7 Å². The van der Waals surface area contributed by atoms with Crippen molar-refractivity contribution in [2.75, 3.05) is 13.2 Å². The number of hydrogen-bond acceptors (Lipinski definition) is 6. The quantitative estimate of drug-likeness (QED) is 0.0353. The molecule has 6 heteroatoms. The summed E-state index contributed by atoms with van der Waals surface area (Å²) in [6.45, 7) is 8.95. The zero-order chi connectivity index (χ0) is 38.2. The summed E-state index contributed by atoms with van der Waals surface area (Å²) in [6, 6.07) is 0. The Morgan fingerprint density at radius 1 is 0.365 bits per heavy atom. The molecule has 0 aromatic rings. The van der Waals surface area contributed by atoms with Crippen LogP contribution in [0.5, 0.6) is 0 Å². The lowest BCUT2D eigenvalue weighted by Gasteiger charge is -2.18. The Morgan fingerprint density at radius 3 is 0.942 bits per heavy atom. The minimum Gasteiger partial charge on any atom is -0.462 e. The molecule has 0 heterocycles. The summed E-state index contributed by atoms with van der Waals surface area (Å²) in [7, 11) is 0. The van der Waals surface area contributed by atoms with Gasteiger partial charge in [0.15, 0.2) is 6.10 Å². The van der Waals surface area contributed by atoms with E-state index in [1.54, 1.807) is 0 Å². The SMILES string of the molecule is CCCCCCCCCCCCCCCCC(=O)OC[C@H](COC(=O)CCCCCCCCCCC)OC(=O)CCCCCCCCCCC(C)C. The molecule has 0 aromatic heterocycles. The molecule has 0 aliphatic carbocycles. The number of ether oxygens (including phenoxy) is 3. The van der Waals surface area contributed by atoms with E-state index < -0.39 is 6.10 Å². The molecule has 6 nitrogen and oxygen atoms in total. The predicted octanol–water partition coefficient (Wildman–Crippen LogP) is 14.3. The Kier molecular flexibility index (Phi) is 39.4. The van der Waals surface area contributed by atoms with Crippen LogP contribution >= 0.6 is 0 Å². The molecule has 0 amide bonds. The first kappa shape index (κ1) is 50.4. The van der Waals surface area contributed by atoms with Crippen molar-refractivity contribution in [1.29, 1.82) is 0 Å². The van der Waals surface area contributed by atoms with Crippen molar-refractivity contribution < 1.29 is 28.6 Å². The number of rotatable bonds is 41. The van der Waals surface area contributed by atoms with Crippen molar-refractivity contribution in [3.8, 4) is 0 Å². The third-order valence-corrected chi connectivity index (χ3v) is 10.3. The van der Waals surface area contributed by atoms with Gasteiger partial charge >= 0.3 is 17.9 Å². The van der Waals surface area contributed by atoms with E-state index in [0.29, 0.717) is 19.3 Å². The van der Waals surface area contributed by atoms with Gasteiger partial charge in [-0.2, -0.15) is 0 Å². The summed E-state index contributed by atoms with van der Waals surface area (Å²) in [5.74, 6) is -0.0642. The first-order chi connectivity index (χ1) is 25.4. The summed E-state index contributed by atoms with van der Waals surface area (Å²) in [5.41, 5.74) is 0. The molecule has 0 aromatic carbocycles. The van der Waals surface area contributed by atoms with Crippen LogP contribution in [0.25, 0.3) is 0 Å². The number of carbonyl (C=O) groups is 3. The van der Waals surface area contributed by atoms with E-state index in [1.165, 1.54) is 148 Å². The Bertz CT molecular complexity index is 781. The van der Waals surface area contributed by atoms with Gasteiger partial charge in [-0.15, -0.1) is 0 Å². The summed E-state index contributed by atoms with van der Waals surface area (Å²) in [6.07, 6.45) is 39.5. The van der Waals surface area contributed by atoms with E-state index in [4.69, 9.17) is 14.2 Å². The lowest BCUT2D eigenvalue weighted by atomic mass is 10.0. The van der Waals surface area contributed by atoms with Gasteiger partial charge in [-0.05, 0) is 25.2 Å². The molecular formula is C46H88O6. The molecule has 0 unspecified atom stereocenters. The summed E-state index contributed by atoms with van der Waals surface area (Å²) in [5, 5.41) is 0. The van der Waals surface area contributed by atoms with E-state index in [1.807, 2.05) is 0 Å². The smallest absolute Gasteiger partial charge is 0.306 e. The van der Waals surface area contributed by atoms with E-state index in [9.17, 15) is 14.4 Å². The van der Waals surface area contributed by atoms with E-state index >= 15 is 0 Å². The third kappa shape index (κ3) is 39.6. The number of carbonyl (C=O) groups excluding carboxylic acids is 3. The van der Waals surface area contributed by atoms with Crippen molar-refractivity contribution in [2.45, 2.75) is 259 Å². The summed E-state index contributed by atoms with van der Waals surface area (Å²) in [4.78, 5) is 37.6. The van der Waals surface area contributed by atoms with Crippen molar-refractivity contribution in [2.24, 2.45) is 5.92 Å². The Labute approximate surface area is 323 Å². The highest BCUT2D eigenvalue weighted by Crippen LogP contribution is 2.16. The minimum atomic E-state index is -0.759. The van der Waals surface area contributed by atoms with Crippen LogP contribution in [0, 0.1) is 5.92 Å². The fourth-order valence-corrected chi connectivity index (χ4v) is 6.80. The van der Waals surface area contributed by atoms with Gasteiger partial charge in [0.1, 0.15) is 13.2 Å². The number of esters is 3. The molecule has 0 spiro atoms. The molecule has 0 aliphatic heterocycles. The van der Waals surface area contributed by atoms with Crippen LogP contribution in [0.4, 0.5) is 0 Å². The molecule has 0 radical (unpaired) electrons. The normalized spacial score (nSPS) is 11.9. The highest BCUT2D eigenvalue weighted by molar-refractivity contribution is 5.71. The molecule has 0 rings (SSSR count).